The Morgan fingerprint density at radius 2 is 1.70 bits per heavy atom. The summed E-state index contributed by atoms with van der Waals surface area (Å²) < 4.78 is 2.27. The largest absolute Gasteiger partial charge is 0.334 e. The van der Waals surface area contributed by atoms with Gasteiger partial charge in [-0.1, -0.05) is 23.7 Å². The van der Waals surface area contributed by atoms with Gasteiger partial charge in [-0.2, -0.15) is 0 Å². The molecule has 0 bridgehead atoms. The number of aromatic nitrogens is 3. The summed E-state index contributed by atoms with van der Waals surface area (Å²) in [5.41, 5.74) is 0.336. The van der Waals surface area contributed by atoms with E-state index in [0.717, 1.165) is 10.1 Å². The van der Waals surface area contributed by atoms with Crippen molar-refractivity contribution in [3.8, 4) is 0 Å². The number of carbonyl (C=O) groups is 1. The zero-order valence-corrected chi connectivity index (χ0v) is 16.2. The van der Waals surface area contributed by atoms with Crippen LogP contribution in [0.15, 0.2) is 46.0 Å². The Morgan fingerprint density at radius 3 is 2.33 bits per heavy atom. The number of hydrogen-bond acceptors (Lipinski definition) is 4. The SMILES string of the molecule is CC(c1ccc(Cl)cc1)N(C)C(=O)c1ccc2c(=O)n(C)c(=O)n(C)c2n1. The lowest BCUT2D eigenvalue weighted by atomic mass is 10.1. The van der Waals surface area contributed by atoms with Gasteiger partial charge in [-0.15, -0.1) is 0 Å². The molecule has 140 valence electrons. The van der Waals surface area contributed by atoms with Gasteiger partial charge in [0.05, 0.1) is 11.4 Å². The van der Waals surface area contributed by atoms with Crippen molar-refractivity contribution in [3.05, 3.63) is 73.5 Å². The minimum Gasteiger partial charge on any atom is -0.334 e. The molecule has 0 spiro atoms. The fourth-order valence-electron chi connectivity index (χ4n) is 2.89. The number of halogens is 1. The first-order chi connectivity index (χ1) is 12.7. The Hall–Kier alpha value is -2.93. The van der Waals surface area contributed by atoms with Gasteiger partial charge in [-0.25, -0.2) is 9.78 Å². The molecule has 1 aromatic carbocycles. The Morgan fingerprint density at radius 1 is 1.07 bits per heavy atom. The van der Waals surface area contributed by atoms with E-state index >= 15 is 0 Å². The van der Waals surface area contributed by atoms with Crippen molar-refractivity contribution >= 4 is 28.5 Å². The molecule has 0 N–H and O–H groups in total. The molecule has 2 heterocycles. The van der Waals surface area contributed by atoms with Crippen molar-refractivity contribution < 1.29 is 4.79 Å². The maximum atomic E-state index is 12.9. The Labute approximate surface area is 160 Å². The van der Waals surface area contributed by atoms with Crippen molar-refractivity contribution in [3.63, 3.8) is 0 Å². The number of benzene rings is 1. The van der Waals surface area contributed by atoms with Crippen molar-refractivity contribution in [2.24, 2.45) is 14.1 Å². The van der Waals surface area contributed by atoms with Gasteiger partial charge in [0.15, 0.2) is 0 Å². The summed E-state index contributed by atoms with van der Waals surface area (Å²) >= 11 is 5.92. The predicted molar refractivity (Wildman–Crippen MR) is 104 cm³/mol. The maximum Gasteiger partial charge on any atom is 0.332 e. The molecule has 0 fully saturated rings. The third kappa shape index (κ3) is 3.26. The highest BCUT2D eigenvalue weighted by Crippen LogP contribution is 2.22. The highest BCUT2D eigenvalue weighted by molar-refractivity contribution is 6.30. The van der Waals surface area contributed by atoms with Gasteiger partial charge in [0, 0.05) is 26.2 Å². The van der Waals surface area contributed by atoms with E-state index in [2.05, 4.69) is 4.98 Å². The third-order valence-corrected chi connectivity index (χ3v) is 5.03. The van der Waals surface area contributed by atoms with Gasteiger partial charge in [0.25, 0.3) is 11.5 Å². The van der Waals surface area contributed by atoms with E-state index in [1.165, 1.54) is 30.8 Å². The standard InChI is InChI=1S/C19H19ClN4O3/c1-11(12-5-7-13(20)8-6-12)22(2)18(26)15-10-9-14-16(21-15)23(3)19(27)24(4)17(14)25/h5-11H,1-4H3. The lowest BCUT2D eigenvalue weighted by molar-refractivity contribution is 0.0737. The average Bonchev–Trinajstić information content (AvgIpc) is 2.69. The lowest BCUT2D eigenvalue weighted by Gasteiger charge is -2.25. The Kier molecular flexibility index (Phi) is 4.89. The normalized spacial score (nSPS) is 12.2. The molecule has 3 aromatic rings. The quantitative estimate of drug-likeness (QED) is 0.690. The first-order valence-corrected chi connectivity index (χ1v) is 8.69. The zero-order valence-electron chi connectivity index (χ0n) is 15.4. The van der Waals surface area contributed by atoms with Gasteiger partial charge in [0.1, 0.15) is 11.3 Å². The smallest absolute Gasteiger partial charge is 0.332 e. The molecule has 0 aliphatic heterocycles. The summed E-state index contributed by atoms with van der Waals surface area (Å²) in [6.45, 7) is 1.90. The van der Waals surface area contributed by atoms with Crippen molar-refractivity contribution in [1.29, 1.82) is 0 Å². The lowest BCUT2D eigenvalue weighted by Crippen LogP contribution is -2.37. The summed E-state index contributed by atoms with van der Waals surface area (Å²) in [6, 6.07) is 10.1. The van der Waals surface area contributed by atoms with E-state index in [4.69, 9.17) is 11.6 Å². The van der Waals surface area contributed by atoms with Gasteiger partial charge in [0.2, 0.25) is 0 Å². The van der Waals surface area contributed by atoms with Crippen LogP contribution in [0.4, 0.5) is 0 Å². The van der Waals surface area contributed by atoms with Crippen LogP contribution in [0.5, 0.6) is 0 Å². The molecule has 1 atom stereocenters. The summed E-state index contributed by atoms with van der Waals surface area (Å²) in [5.74, 6) is -0.313. The Balaban J connectivity index is 2.01. The molecule has 0 radical (unpaired) electrons. The van der Waals surface area contributed by atoms with Crippen LogP contribution in [0.25, 0.3) is 11.0 Å². The number of fused-ring (bicyclic) bond motifs is 1. The van der Waals surface area contributed by atoms with E-state index in [9.17, 15) is 14.4 Å². The predicted octanol–water partition coefficient (Wildman–Crippen LogP) is 2.12. The zero-order chi connectivity index (χ0) is 19.9. The molecule has 2 aromatic heterocycles. The summed E-state index contributed by atoms with van der Waals surface area (Å²) in [6.07, 6.45) is 0. The van der Waals surface area contributed by atoms with Crippen LogP contribution in [-0.2, 0) is 14.1 Å². The fourth-order valence-corrected chi connectivity index (χ4v) is 3.02. The average molecular weight is 387 g/mol. The van der Waals surface area contributed by atoms with Crippen LogP contribution in [-0.4, -0.2) is 32.0 Å². The van der Waals surface area contributed by atoms with Crippen LogP contribution in [0.1, 0.15) is 29.0 Å². The van der Waals surface area contributed by atoms with Crippen LogP contribution < -0.4 is 11.2 Å². The molecule has 0 aliphatic carbocycles. The number of hydrogen-bond donors (Lipinski definition) is 0. The molecule has 8 heteroatoms. The van der Waals surface area contributed by atoms with Crippen LogP contribution in [0.2, 0.25) is 5.02 Å². The van der Waals surface area contributed by atoms with E-state index in [1.54, 1.807) is 24.1 Å². The minimum atomic E-state index is -0.493. The van der Waals surface area contributed by atoms with Crippen LogP contribution >= 0.6 is 11.6 Å². The number of amides is 1. The van der Waals surface area contributed by atoms with E-state index < -0.39 is 11.2 Å². The monoisotopic (exact) mass is 386 g/mol. The summed E-state index contributed by atoms with van der Waals surface area (Å²) in [5, 5.41) is 0.906. The van der Waals surface area contributed by atoms with E-state index in [1.807, 2.05) is 19.1 Å². The summed E-state index contributed by atoms with van der Waals surface area (Å²) in [7, 11) is 4.60. The fraction of sp³-hybridized carbons (Fsp3) is 0.263. The topological polar surface area (TPSA) is 77.2 Å². The molecule has 1 unspecified atom stereocenters. The van der Waals surface area contributed by atoms with Gasteiger partial charge in [-0.3, -0.25) is 18.7 Å². The number of carbonyl (C=O) groups excluding carboxylic acids is 1. The van der Waals surface area contributed by atoms with Crippen molar-refractivity contribution in [2.75, 3.05) is 7.05 Å². The highest BCUT2D eigenvalue weighted by Gasteiger charge is 2.21. The number of aryl methyl sites for hydroxylation is 1. The van der Waals surface area contributed by atoms with Crippen molar-refractivity contribution in [2.45, 2.75) is 13.0 Å². The second-order valence-electron chi connectivity index (χ2n) is 6.42. The molecule has 0 saturated heterocycles. The molecule has 27 heavy (non-hydrogen) atoms. The van der Waals surface area contributed by atoms with Crippen LogP contribution in [0.3, 0.4) is 0 Å². The van der Waals surface area contributed by atoms with E-state index in [0.29, 0.717) is 5.02 Å². The highest BCUT2D eigenvalue weighted by atomic mass is 35.5. The first-order valence-electron chi connectivity index (χ1n) is 8.31. The second-order valence-corrected chi connectivity index (χ2v) is 6.85. The first kappa shape index (κ1) is 18.8. The second kappa shape index (κ2) is 7.00. The maximum absolute atomic E-state index is 12.9. The van der Waals surface area contributed by atoms with Gasteiger partial charge < -0.3 is 4.90 Å². The molecular formula is C19H19ClN4O3. The number of pyridine rings is 1. The van der Waals surface area contributed by atoms with Gasteiger partial charge in [-0.05, 0) is 36.8 Å². The molecule has 1 amide bonds. The van der Waals surface area contributed by atoms with Crippen LogP contribution in [0, 0.1) is 0 Å². The molecule has 0 aliphatic rings. The summed E-state index contributed by atoms with van der Waals surface area (Å²) in [4.78, 5) is 43.1. The number of nitrogens with zero attached hydrogens (tertiary/aromatic N) is 4. The van der Waals surface area contributed by atoms with Crippen molar-refractivity contribution in [1.82, 2.24) is 19.0 Å². The molecule has 0 saturated carbocycles. The van der Waals surface area contributed by atoms with Gasteiger partial charge >= 0.3 is 5.69 Å². The molecule has 3 rings (SSSR count). The molecule has 7 nitrogen and oxygen atoms in total. The minimum absolute atomic E-state index is 0.161. The van der Waals surface area contributed by atoms with E-state index in [-0.39, 0.29) is 28.7 Å². The third-order valence-electron chi connectivity index (χ3n) is 4.77. The Bertz CT molecular complexity index is 1150. The number of rotatable bonds is 3. The molecular weight excluding hydrogens is 368 g/mol.